The molecule has 5 rings (SSSR count). The molecule has 40 heavy (non-hydrogen) atoms. The van der Waals surface area contributed by atoms with E-state index in [9.17, 15) is 9.59 Å². The molecule has 1 unspecified atom stereocenters. The van der Waals surface area contributed by atoms with Gasteiger partial charge in [-0.3, -0.25) is 24.1 Å². The lowest BCUT2D eigenvalue weighted by molar-refractivity contribution is -0.120. The third-order valence-corrected chi connectivity index (χ3v) is 9.06. The van der Waals surface area contributed by atoms with Gasteiger partial charge in [0.1, 0.15) is 0 Å². The molecule has 9 nitrogen and oxygen atoms in total. The number of hydrogen-bond acceptors (Lipinski definition) is 7. The molecule has 1 atom stereocenters. The van der Waals surface area contributed by atoms with Crippen LogP contribution in [0, 0.1) is 0 Å². The number of piperazine rings is 1. The Kier molecular flexibility index (Phi) is 9.29. The third kappa shape index (κ3) is 6.62. The van der Waals surface area contributed by atoms with Crippen LogP contribution in [0.15, 0.2) is 47.4 Å². The maximum absolute atomic E-state index is 11.8. The molecule has 2 aromatic carbocycles. The summed E-state index contributed by atoms with van der Waals surface area (Å²) in [7, 11) is 3.50. The Morgan fingerprint density at radius 1 is 1.12 bits per heavy atom. The minimum atomic E-state index is -0.105. The van der Waals surface area contributed by atoms with E-state index >= 15 is 0 Å². The van der Waals surface area contributed by atoms with Crippen molar-refractivity contribution in [1.82, 2.24) is 24.3 Å². The standard InChI is InChI=1S/C30H41N7O2S/c1-23-20-34(21-24-8-7-9-26(18-24)40-36-13-5-4-6-14-36)16-17-37(23)25-10-11-27-28(19-25)33(3)32-30(27)35(22-38)15-12-29(39)31-2/h7-11,18-19,22-23H,4-6,12-17,20-21H2,1-3H3,(H,31,39). The zero-order chi connectivity index (χ0) is 28.1. The van der Waals surface area contributed by atoms with Gasteiger partial charge < -0.3 is 10.2 Å². The summed E-state index contributed by atoms with van der Waals surface area (Å²) in [5, 5.41) is 8.13. The van der Waals surface area contributed by atoms with Gasteiger partial charge in [0.2, 0.25) is 12.3 Å². The van der Waals surface area contributed by atoms with E-state index in [-0.39, 0.29) is 18.9 Å². The minimum Gasteiger partial charge on any atom is -0.366 e. The van der Waals surface area contributed by atoms with Gasteiger partial charge in [0.15, 0.2) is 5.82 Å². The highest BCUT2D eigenvalue weighted by atomic mass is 32.2. The Morgan fingerprint density at radius 2 is 1.95 bits per heavy atom. The summed E-state index contributed by atoms with van der Waals surface area (Å²) in [4.78, 5) is 31.4. The number of rotatable bonds is 10. The number of nitrogens with zero attached hydrogens (tertiary/aromatic N) is 6. The first kappa shape index (κ1) is 28.4. The summed E-state index contributed by atoms with van der Waals surface area (Å²) in [5.41, 5.74) is 3.51. The Hall–Kier alpha value is -3.08. The van der Waals surface area contributed by atoms with Crippen molar-refractivity contribution in [3.8, 4) is 0 Å². The molecule has 3 heterocycles. The van der Waals surface area contributed by atoms with Crippen molar-refractivity contribution in [1.29, 1.82) is 0 Å². The molecule has 2 saturated heterocycles. The first-order chi connectivity index (χ1) is 19.4. The van der Waals surface area contributed by atoms with Gasteiger partial charge >= 0.3 is 0 Å². The molecular weight excluding hydrogens is 522 g/mol. The average Bonchev–Trinajstić information content (AvgIpc) is 3.29. The molecule has 3 aromatic rings. The highest BCUT2D eigenvalue weighted by Crippen LogP contribution is 2.31. The zero-order valence-corrected chi connectivity index (χ0v) is 24.7. The van der Waals surface area contributed by atoms with E-state index in [2.05, 4.69) is 67.8 Å². The van der Waals surface area contributed by atoms with Crippen molar-refractivity contribution in [2.75, 3.05) is 56.1 Å². The fourth-order valence-corrected chi connectivity index (χ4v) is 6.88. The highest BCUT2D eigenvalue weighted by molar-refractivity contribution is 7.97. The summed E-state index contributed by atoms with van der Waals surface area (Å²) in [6, 6.07) is 15.8. The van der Waals surface area contributed by atoms with Crippen LogP contribution in [0.2, 0.25) is 0 Å². The van der Waals surface area contributed by atoms with Gasteiger partial charge in [0.25, 0.3) is 0 Å². The molecule has 0 bridgehead atoms. The molecule has 2 amide bonds. The van der Waals surface area contributed by atoms with Crippen molar-refractivity contribution in [3.05, 3.63) is 48.0 Å². The first-order valence-electron chi connectivity index (χ1n) is 14.4. The van der Waals surface area contributed by atoms with Gasteiger partial charge in [0.05, 0.1) is 5.52 Å². The van der Waals surface area contributed by atoms with Crippen LogP contribution < -0.4 is 15.1 Å². The topological polar surface area (TPSA) is 76.9 Å². The molecule has 214 valence electrons. The van der Waals surface area contributed by atoms with E-state index in [4.69, 9.17) is 0 Å². The quantitative estimate of drug-likeness (QED) is 0.296. The predicted molar refractivity (Wildman–Crippen MR) is 163 cm³/mol. The van der Waals surface area contributed by atoms with Gasteiger partial charge in [-0.2, -0.15) is 5.10 Å². The van der Waals surface area contributed by atoms with E-state index in [0.717, 1.165) is 49.2 Å². The number of carbonyl (C=O) groups is 2. The number of anilines is 2. The van der Waals surface area contributed by atoms with E-state index in [1.165, 1.54) is 47.7 Å². The monoisotopic (exact) mass is 563 g/mol. The largest absolute Gasteiger partial charge is 0.366 e. The number of aryl methyl sites for hydroxylation is 1. The number of carbonyl (C=O) groups excluding carboxylic acids is 2. The summed E-state index contributed by atoms with van der Waals surface area (Å²) >= 11 is 1.91. The van der Waals surface area contributed by atoms with Crippen molar-refractivity contribution in [2.45, 2.75) is 50.1 Å². The van der Waals surface area contributed by atoms with Gasteiger partial charge in [-0.15, -0.1) is 0 Å². The maximum Gasteiger partial charge on any atom is 0.221 e. The van der Waals surface area contributed by atoms with Crippen LogP contribution in [0.5, 0.6) is 0 Å². The molecule has 2 aliphatic rings. The van der Waals surface area contributed by atoms with Crippen LogP contribution in [0.1, 0.15) is 38.2 Å². The van der Waals surface area contributed by atoms with Crippen LogP contribution >= 0.6 is 11.9 Å². The van der Waals surface area contributed by atoms with E-state index < -0.39 is 0 Å². The molecule has 0 aliphatic carbocycles. The number of amides is 2. The normalized spacial score (nSPS) is 18.7. The molecular formula is C30H41N7O2S. The Bertz CT molecular complexity index is 1320. The van der Waals surface area contributed by atoms with Gasteiger partial charge in [-0.1, -0.05) is 18.6 Å². The minimum absolute atomic E-state index is 0.105. The van der Waals surface area contributed by atoms with Crippen LogP contribution in [-0.4, -0.2) is 83.7 Å². The second-order valence-electron chi connectivity index (χ2n) is 10.9. The predicted octanol–water partition coefficient (Wildman–Crippen LogP) is 3.88. The fraction of sp³-hybridized carbons (Fsp3) is 0.500. The van der Waals surface area contributed by atoms with Gasteiger partial charge in [0, 0.05) is 88.3 Å². The number of benzene rings is 2. The van der Waals surface area contributed by atoms with Crippen molar-refractivity contribution in [2.24, 2.45) is 7.05 Å². The third-order valence-electron chi connectivity index (χ3n) is 7.97. The summed E-state index contributed by atoms with van der Waals surface area (Å²) in [6.45, 7) is 8.87. The molecule has 1 N–H and O–H groups in total. The lowest BCUT2D eigenvalue weighted by Gasteiger charge is -2.41. The molecule has 0 spiro atoms. The number of nitrogens with one attached hydrogen (secondary N) is 1. The second kappa shape index (κ2) is 13.1. The molecule has 0 radical (unpaired) electrons. The molecule has 2 fully saturated rings. The second-order valence-corrected chi connectivity index (χ2v) is 12.0. The smallest absolute Gasteiger partial charge is 0.221 e. The maximum atomic E-state index is 11.8. The number of fused-ring (bicyclic) bond motifs is 1. The van der Waals surface area contributed by atoms with Gasteiger partial charge in [-0.25, -0.2) is 4.31 Å². The summed E-state index contributed by atoms with van der Waals surface area (Å²) < 4.78 is 4.33. The highest BCUT2D eigenvalue weighted by Gasteiger charge is 2.25. The van der Waals surface area contributed by atoms with Crippen LogP contribution in [-0.2, 0) is 23.2 Å². The molecule has 10 heteroatoms. The molecule has 2 aliphatic heterocycles. The Morgan fingerprint density at radius 3 is 2.70 bits per heavy atom. The van der Waals surface area contributed by atoms with Crippen molar-refractivity contribution >= 4 is 46.7 Å². The SMILES string of the molecule is CNC(=O)CCN(C=O)c1nn(C)c2cc(N3CCN(Cc4cccc(SN5CCCCC5)c4)CC3C)ccc12. The Balaban J connectivity index is 1.23. The van der Waals surface area contributed by atoms with Crippen LogP contribution in [0.25, 0.3) is 10.9 Å². The van der Waals surface area contributed by atoms with Crippen molar-refractivity contribution < 1.29 is 9.59 Å². The number of aromatic nitrogens is 2. The first-order valence-corrected chi connectivity index (χ1v) is 15.1. The zero-order valence-electron chi connectivity index (χ0n) is 23.9. The van der Waals surface area contributed by atoms with Crippen LogP contribution in [0.3, 0.4) is 0 Å². The Labute approximate surface area is 241 Å². The summed E-state index contributed by atoms with van der Waals surface area (Å²) in [6.07, 6.45) is 4.95. The number of piperidine rings is 1. The fourth-order valence-electron chi connectivity index (χ4n) is 5.80. The average molecular weight is 564 g/mol. The lowest BCUT2D eigenvalue weighted by atomic mass is 10.1. The number of hydrogen-bond donors (Lipinski definition) is 1. The van der Waals surface area contributed by atoms with Crippen molar-refractivity contribution in [3.63, 3.8) is 0 Å². The van der Waals surface area contributed by atoms with Gasteiger partial charge in [-0.05, 0) is 67.6 Å². The summed E-state index contributed by atoms with van der Waals surface area (Å²) in [5.74, 6) is 0.480. The van der Waals surface area contributed by atoms with E-state index in [0.29, 0.717) is 11.9 Å². The van der Waals surface area contributed by atoms with E-state index in [1.807, 2.05) is 29.7 Å². The van der Waals surface area contributed by atoms with Crippen LogP contribution in [0.4, 0.5) is 11.5 Å². The molecule has 1 aromatic heterocycles. The molecule has 0 saturated carbocycles. The van der Waals surface area contributed by atoms with E-state index in [1.54, 1.807) is 7.05 Å². The lowest BCUT2D eigenvalue weighted by Crippen LogP contribution is -2.51.